The molecule has 0 spiro atoms. The molecule has 0 aliphatic heterocycles. The van der Waals surface area contributed by atoms with Crippen molar-refractivity contribution in [1.82, 2.24) is 0 Å². The quantitative estimate of drug-likeness (QED) is 0.760. The van der Waals surface area contributed by atoms with Crippen LogP contribution in [0.4, 0.5) is 0 Å². The van der Waals surface area contributed by atoms with E-state index in [9.17, 15) is 5.11 Å². The van der Waals surface area contributed by atoms with Gasteiger partial charge in [-0.3, -0.25) is 0 Å². The summed E-state index contributed by atoms with van der Waals surface area (Å²) in [6.07, 6.45) is 3.48. The van der Waals surface area contributed by atoms with E-state index in [1.165, 1.54) is 5.56 Å². The maximum atomic E-state index is 10.1. The minimum Gasteiger partial charge on any atom is -0.389 e. The van der Waals surface area contributed by atoms with Crippen LogP contribution < -0.4 is 5.73 Å². The molecule has 0 saturated carbocycles. The smallest absolute Gasteiger partial charge is 0.0772 e. The minimum atomic E-state index is -0.656. The van der Waals surface area contributed by atoms with E-state index in [0.717, 1.165) is 25.7 Å². The van der Waals surface area contributed by atoms with E-state index in [1.807, 2.05) is 0 Å². The summed E-state index contributed by atoms with van der Waals surface area (Å²) in [4.78, 5) is 0. The van der Waals surface area contributed by atoms with Gasteiger partial charge in [-0.15, -0.1) is 0 Å². The van der Waals surface area contributed by atoms with Gasteiger partial charge in [0, 0.05) is 6.54 Å². The largest absolute Gasteiger partial charge is 0.389 e. The van der Waals surface area contributed by atoms with Gasteiger partial charge in [-0.2, -0.15) is 11.3 Å². The van der Waals surface area contributed by atoms with Crippen molar-refractivity contribution >= 4 is 11.3 Å². The standard InChI is InChI=1S/C11H19NOS/c1-2-5-11(13,9-12)6-3-10-4-7-14-8-10/h4,7-8,13H,2-3,5-6,9,12H2,1H3. The van der Waals surface area contributed by atoms with Crippen molar-refractivity contribution in [2.24, 2.45) is 5.73 Å². The molecule has 1 aromatic rings. The van der Waals surface area contributed by atoms with Gasteiger partial charge in [0.25, 0.3) is 0 Å². The number of aliphatic hydroxyl groups is 1. The van der Waals surface area contributed by atoms with E-state index < -0.39 is 5.60 Å². The van der Waals surface area contributed by atoms with Crippen LogP contribution in [0.15, 0.2) is 16.8 Å². The second kappa shape index (κ2) is 5.49. The summed E-state index contributed by atoms with van der Waals surface area (Å²) in [5.41, 5.74) is 6.23. The van der Waals surface area contributed by atoms with Gasteiger partial charge in [0.15, 0.2) is 0 Å². The Hall–Kier alpha value is -0.380. The van der Waals surface area contributed by atoms with Crippen LogP contribution in [0.3, 0.4) is 0 Å². The molecule has 0 aliphatic rings. The van der Waals surface area contributed by atoms with Gasteiger partial charge < -0.3 is 10.8 Å². The van der Waals surface area contributed by atoms with Crippen molar-refractivity contribution in [3.05, 3.63) is 22.4 Å². The lowest BCUT2D eigenvalue weighted by atomic mass is 9.91. The van der Waals surface area contributed by atoms with Gasteiger partial charge in [-0.05, 0) is 41.7 Å². The molecule has 3 heteroatoms. The second-order valence-electron chi connectivity index (χ2n) is 3.81. The van der Waals surface area contributed by atoms with Crippen LogP contribution in [-0.4, -0.2) is 17.3 Å². The van der Waals surface area contributed by atoms with E-state index >= 15 is 0 Å². The molecule has 2 nitrogen and oxygen atoms in total. The fourth-order valence-corrected chi connectivity index (χ4v) is 2.31. The van der Waals surface area contributed by atoms with E-state index in [2.05, 4.69) is 23.8 Å². The summed E-state index contributed by atoms with van der Waals surface area (Å²) < 4.78 is 0. The maximum Gasteiger partial charge on any atom is 0.0772 e. The number of hydrogen-bond acceptors (Lipinski definition) is 3. The van der Waals surface area contributed by atoms with Crippen molar-refractivity contribution in [2.75, 3.05) is 6.54 Å². The number of hydrogen-bond donors (Lipinski definition) is 2. The molecule has 80 valence electrons. The summed E-state index contributed by atoms with van der Waals surface area (Å²) in [7, 11) is 0. The Labute approximate surface area is 89.8 Å². The number of thiophene rings is 1. The molecule has 1 rings (SSSR count). The van der Waals surface area contributed by atoms with Gasteiger partial charge in [-0.1, -0.05) is 13.3 Å². The van der Waals surface area contributed by atoms with E-state index in [1.54, 1.807) is 11.3 Å². The molecule has 0 amide bonds. The summed E-state index contributed by atoms with van der Waals surface area (Å²) in [6.45, 7) is 2.44. The number of nitrogens with two attached hydrogens (primary N) is 1. The molecule has 14 heavy (non-hydrogen) atoms. The topological polar surface area (TPSA) is 46.2 Å². The average molecular weight is 213 g/mol. The number of rotatable bonds is 6. The zero-order valence-electron chi connectivity index (χ0n) is 8.70. The zero-order chi connectivity index (χ0) is 10.4. The van der Waals surface area contributed by atoms with E-state index in [4.69, 9.17) is 5.73 Å². The molecular weight excluding hydrogens is 194 g/mol. The first-order chi connectivity index (χ1) is 6.70. The van der Waals surface area contributed by atoms with Gasteiger partial charge in [0.2, 0.25) is 0 Å². The lowest BCUT2D eigenvalue weighted by molar-refractivity contribution is 0.0312. The van der Waals surface area contributed by atoms with Crippen LogP contribution in [0.1, 0.15) is 31.7 Å². The Bertz CT molecular complexity index is 248. The van der Waals surface area contributed by atoms with Crippen molar-refractivity contribution < 1.29 is 5.11 Å². The van der Waals surface area contributed by atoms with Crippen LogP contribution in [0.25, 0.3) is 0 Å². The average Bonchev–Trinajstić information content (AvgIpc) is 2.68. The molecule has 1 unspecified atom stereocenters. The Morgan fingerprint density at radius 3 is 2.79 bits per heavy atom. The molecule has 1 aromatic heterocycles. The second-order valence-corrected chi connectivity index (χ2v) is 4.59. The van der Waals surface area contributed by atoms with E-state index in [-0.39, 0.29) is 0 Å². The molecule has 3 N–H and O–H groups in total. The summed E-state index contributed by atoms with van der Waals surface area (Å²) in [5.74, 6) is 0. The predicted molar refractivity (Wildman–Crippen MR) is 61.6 cm³/mol. The highest BCUT2D eigenvalue weighted by Gasteiger charge is 2.23. The number of aryl methyl sites for hydroxylation is 1. The first-order valence-electron chi connectivity index (χ1n) is 5.14. The Balaban J connectivity index is 2.41. The molecule has 0 radical (unpaired) electrons. The van der Waals surface area contributed by atoms with E-state index in [0.29, 0.717) is 6.54 Å². The Morgan fingerprint density at radius 1 is 1.50 bits per heavy atom. The molecule has 1 heterocycles. The fraction of sp³-hybridized carbons (Fsp3) is 0.636. The van der Waals surface area contributed by atoms with Crippen LogP contribution in [-0.2, 0) is 6.42 Å². The first-order valence-corrected chi connectivity index (χ1v) is 6.08. The highest BCUT2D eigenvalue weighted by Crippen LogP contribution is 2.19. The van der Waals surface area contributed by atoms with Crippen molar-refractivity contribution in [3.8, 4) is 0 Å². The highest BCUT2D eigenvalue weighted by atomic mass is 32.1. The predicted octanol–water partition coefficient (Wildman–Crippen LogP) is 2.17. The molecule has 1 atom stereocenters. The molecular formula is C11H19NOS. The third kappa shape index (κ3) is 3.40. The lowest BCUT2D eigenvalue weighted by Crippen LogP contribution is -2.38. The van der Waals surface area contributed by atoms with Gasteiger partial charge in [0.05, 0.1) is 5.60 Å². The van der Waals surface area contributed by atoms with Gasteiger partial charge in [0.1, 0.15) is 0 Å². The minimum absolute atomic E-state index is 0.366. The van der Waals surface area contributed by atoms with Crippen LogP contribution >= 0.6 is 11.3 Å². The normalized spacial score (nSPS) is 15.4. The van der Waals surface area contributed by atoms with Crippen LogP contribution in [0.2, 0.25) is 0 Å². The van der Waals surface area contributed by atoms with Crippen molar-refractivity contribution in [3.63, 3.8) is 0 Å². The fourth-order valence-electron chi connectivity index (χ4n) is 1.61. The maximum absolute atomic E-state index is 10.1. The Morgan fingerprint density at radius 2 is 2.29 bits per heavy atom. The van der Waals surface area contributed by atoms with Gasteiger partial charge in [-0.25, -0.2) is 0 Å². The third-order valence-electron chi connectivity index (χ3n) is 2.55. The molecule has 0 bridgehead atoms. The van der Waals surface area contributed by atoms with Crippen molar-refractivity contribution in [2.45, 2.75) is 38.2 Å². The molecule has 0 fully saturated rings. The molecule has 0 aromatic carbocycles. The SMILES string of the molecule is CCCC(O)(CN)CCc1ccsc1. The lowest BCUT2D eigenvalue weighted by Gasteiger charge is -2.25. The van der Waals surface area contributed by atoms with Crippen LogP contribution in [0, 0.1) is 0 Å². The molecule has 0 aliphatic carbocycles. The van der Waals surface area contributed by atoms with Gasteiger partial charge >= 0.3 is 0 Å². The monoisotopic (exact) mass is 213 g/mol. The van der Waals surface area contributed by atoms with Crippen LogP contribution in [0.5, 0.6) is 0 Å². The Kier molecular flexibility index (Phi) is 4.58. The highest BCUT2D eigenvalue weighted by molar-refractivity contribution is 7.07. The summed E-state index contributed by atoms with van der Waals surface area (Å²) in [5, 5.41) is 14.3. The molecule has 0 saturated heterocycles. The third-order valence-corrected chi connectivity index (χ3v) is 3.29. The van der Waals surface area contributed by atoms with Crippen molar-refractivity contribution in [1.29, 1.82) is 0 Å². The zero-order valence-corrected chi connectivity index (χ0v) is 9.52. The first kappa shape index (κ1) is 11.7. The summed E-state index contributed by atoms with van der Waals surface area (Å²) in [6, 6.07) is 2.10. The summed E-state index contributed by atoms with van der Waals surface area (Å²) >= 11 is 1.70.